The minimum absolute atomic E-state index is 0.183. The number of thioether (sulfide) groups is 1. The fraction of sp³-hybridized carbons (Fsp3) is 0.500. The van der Waals surface area contributed by atoms with E-state index in [9.17, 15) is 4.79 Å². The van der Waals surface area contributed by atoms with Gasteiger partial charge in [0.15, 0.2) is 0 Å². The van der Waals surface area contributed by atoms with Gasteiger partial charge in [-0.05, 0) is 38.5 Å². The van der Waals surface area contributed by atoms with Gasteiger partial charge in [-0.3, -0.25) is 9.69 Å². The summed E-state index contributed by atoms with van der Waals surface area (Å²) in [5.41, 5.74) is 0.246. The summed E-state index contributed by atoms with van der Waals surface area (Å²) in [7, 11) is 1.90. The quantitative estimate of drug-likeness (QED) is 0.625. The maximum absolute atomic E-state index is 12.2. The number of halogens is 4. The normalized spacial score (nSPS) is 12.5. The van der Waals surface area contributed by atoms with E-state index in [2.05, 4.69) is 18.5 Å². The molecule has 1 atom stereocenters. The summed E-state index contributed by atoms with van der Waals surface area (Å²) in [6, 6.07) is 1.74. The molecule has 0 aliphatic heterocycles. The molecule has 1 rings (SSSR count). The first-order valence-corrected chi connectivity index (χ1v) is 9.50. The number of benzene rings is 1. The van der Waals surface area contributed by atoms with Crippen molar-refractivity contribution in [1.29, 1.82) is 0 Å². The summed E-state index contributed by atoms with van der Waals surface area (Å²) in [4.78, 5) is 14.1. The SMILES string of the molecule is CSCCC(C)N(C)CC(=O)Nc1c(Cl)c(Cl)cc(Cl)c1Cl. The Morgan fingerprint density at radius 2 is 1.82 bits per heavy atom. The molecule has 0 aromatic heterocycles. The van der Waals surface area contributed by atoms with E-state index < -0.39 is 0 Å². The molecule has 124 valence electrons. The molecule has 3 nitrogen and oxygen atoms in total. The number of likely N-dealkylation sites (N-methyl/N-ethyl adjacent to an activating group) is 1. The summed E-state index contributed by atoms with van der Waals surface area (Å²) < 4.78 is 0. The number of rotatable bonds is 7. The number of anilines is 1. The van der Waals surface area contributed by atoms with Crippen molar-refractivity contribution in [2.24, 2.45) is 0 Å². The van der Waals surface area contributed by atoms with Crippen LogP contribution in [0.3, 0.4) is 0 Å². The van der Waals surface area contributed by atoms with Crippen LogP contribution in [0.5, 0.6) is 0 Å². The summed E-state index contributed by atoms with van der Waals surface area (Å²) in [6.45, 7) is 2.31. The highest BCUT2D eigenvalue weighted by Crippen LogP contribution is 2.40. The average molecular weight is 404 g/mol. The maximum Gasteiger partial charge on any atom is 0.238 e. The zero-order valence-electron chi connectivity index (χ0n) is 12.6. The number of carbonyl (C=O) groups is 1. The molecule has 0 heterocycles. The Morgan fingerprint density at radius 3 is 2.32 bits per heavy atom. The van der Waals surface area contributed by atoms with E-state index in [0.29, 0.717) is 6.04 Å². The molecule has 8 heteroatoms. The number of nitrogens with one attached hydrogen (secondary N) is 1. The second kappa shape index (κ2) is 9.45. The molecule has 0 fully saturated rings. The van der Waals surface area contributed by atoms with Crippen LogP contribution in [0.1, 0.15) is 13.3 Å². The zero-order chi connectivity index (χ0) is 16.9. The highest BCUT2D eigenvalue weighted by atomic mass is 35.5. The minimum atomic E-state index is -0.222. The van der Waals surface area contributed by atoms with Gasteiger partial charge in [-0.1, -0.05) is 46.4 Å². The third-order valence-corrected chi connectivity index (χ3v) is 5.48. The van der Waals surface area contributed by atoms with Crippen LogP contribution < -0.4 is 5.32 Å². The molecule has 0 bridgehead atoms. The molecule has 0 saturated heterocycles. The van der Waals surface area contributed by atoms with Crippen LogP contribution in [-0.4, -0.2) is 42.4 Å². The van der Waals surface area contributed by atoms with Crippen molar-refractivity contribution in [3.05, 3.63) is 26.2 Å². The molecule has 1 aromatic rings. The monoisotopic (exact) mass is 402 g/mol. The predicted molar refractivity (Wildman–Crippen MR) is 100 cm³/mol. The Bertz CT molecular complexity index is 516. The smallest absolute Gasteiger partial charge is 0.238 e. The second-order valence-corrected chi connectivity index (χ2v) is 7.49. The first kappa shape index (κ1) is 20.2. The lowest BCUT2D eigenvalue weighted by atomic mass is 10.2. The Morgan fingerprint density at radius 1 is 1.27 bits per heavy atom. The molecule has 0 spiro atoms. The van der Waals surface area contributed by atoms with Crippen LogP contribution >= 0.6 is 58.2 Å². The summed E-state index contributed by atoms with van der Waals surface area (Å²) in [5.74, 6) is 0.829. The third-order valence-electron chi connectivity index (χ3n) is 3.26. The lowest BCUT2D eigenvalue weighted by Gasteiger charge is -2.24. The fourth-order valence-corrected chi connectivity index (χ4v) is 3.23. The molecule has 1 aromatic carbocycles. The highest BCUT2D eigenvalue weighted by Gasteiger charge is 2.18. The van der Waals surface area contributed by atoms with Gasteiger partial charge in [-0.2, -0.15) is 11.8 Å². The van der Waals surface area contributed by atoms with Crippen LogP contribution in [-0.2, 0) is 4.79 Å². The van der Waals surface area contributed by atoms with E-state index in [4.69, 9.17) is 46.4 Å². The molecule has 0 saturated carbocycles. The molecule has 1 amide bonds. The van der Waals surface area contributed by atoms with Gasteiger partial charge in [0, 0.05) is 6.04 Å². The first-order chi connectivity index (χ1) is 10.3. The van der Waals surface area contributed by atoms with Crippen LogP contribution in [0.4, 0.5) is 5.69 Å². The van der Waals surface area contributed by atoms with Gasteiger partial charge in [0.2, 0.25) is 5.91 Å². The lowest BCUT2D eigenvalue weighted by Crippen LogP contribution is -2.36. The average Bonchev–Trinajstić information content (AvgIpc) is 2.47. The molecule has 22 heavy (non-hydrogen) atoms. The first-order valence-electron chi connectivity index (χ1n) is 6.60. The fourth-order valence-electron chi connectivity index (χ4n) is 1.75. The maximum atomic E-state index is 12.2. The standard InChI is InChI=1S/C14H18Cl4N2OS/c1-8(4-5-22-3)20(2)7-11(21)19-14-12(17)9(15)6-10(16)13(14)18/h6,8H,4-5,7H2,1-3H3,(H,19,21). The van der Waals surface area contributed by atoms with Crippen LogP contribution in [0, 0.1) is 0 Å². The Balaban J connectivity index is 2.74. The molecule has 0 aliphatic carbocycles. The minimum Gasteiger partial charge on any atom is -0.322 e. The van der Waals surface area contributed by atoms with Gasteiger partial charge in [0.1, 0.15) is 0 Å². The Labute approximate surface area is 155 Å². The summed E-state index contributed by atoms with van der Waals surface area (Å²) >= 11 is 25.8. The largest absolute Gasteiger partial charge is 0.322 e. The van der Waals surface area contributed by atoms with Crippen molar-refractivity contribution < 1.29 is 4.79 Å². The van der Waals surface area contributed by atoms with Gasteiger partial charge < -0.3 is 5.32 Å². The molecular formula is C14H18Cl4N2OS. The van der Waals surface area contributed by atoms with Gasteiger partial charge in [-0.15, -0.1) is 0 Å². The number of carbonyl (C=O) groups excluding carboxylic acids is 1. The van der Waals surface area contributed by atoms with Crippen LogP contribution in [0.2, 0.25) is 20.1 Å². The van der Waals surface area contributed by atoms with Crippen molar-refractivity contribution in [3.8, 4) is 0 Å². The van der Waals surface area contributed by atoms with Gasteiger partial charge in [0.05, 0.1) is 32.3 Å². The van der Waals surface area contributed by atoms with Crippen molar-refractivity contribution in [2.75, 3.05) is 30.9 Å². The number of nitrogens with zero attached hydrogens (tertiary/aromatic N) is 1. The molecular weight excluding hydrogens is 386 g/mol. The van der Waals surface area contributed by atoms with Gasteiger partial charge in [0.25, 0.3) is 0 Å². The lowest BCUT2D eigenvalue weighted by molar-refractivity contribution is -0.117. The Kier molecular flexibility index (Phi) is 8.68. The molecule has 1 unspecified atom stereocenters. The van der Waals surface area contributed by atoms with E-state index in [0.717, 1.165) is 12.2 Å². The van der Waals surface area contributed by atoms with E-state index in [1.54, 1.807) is 11.8 Å². The summed E-state index contributed by atoms with van der Waals surface area (Å²) in [6.07, 6.45) is 3.07. The van der Waals surface area contributed by atoms with Crippen LogP contribution in [0.15, 0.2) is 6.07 Å². The number of hydrogen-bond donors (Lipinski definition) is 1. The van der Waals surface area contributed by atoms with Crippen LogP contribution in [0.25, 0.3) is 0 Å². The molecule has 0 aliphatic rings. The van der Waals surface area contributed by atoms with Crippen molar-refractivity contribution in [2.45, 2.75) is 19.4 Å². The second-order valence-electron chi connectivity index (χ2n) is 4.94. The van der Waals surface area contributed by atoms with Crippen molar-refractivity contribution in [3.63, 3.8) is 0 Å². The zero-order valence-corrected chi connectivity index (χ0v) is 16.4. The van der Waals surface area contributed by atoms with E-state index in [-0.39, 0.29) is 38.2 Å². The van der Waals surface area contributed by atoms with E-state index >= 15 is 0 Å². The van der Waals surface area contributed by atoms with Crippen molar-refractivity contribution >= 4 is 69.8 Å². The number of hydrogen-bond acceptors (Lipinski definition) is 3. The topological polar surface area (TPSA) is 32.3 Å². The van der Waals surface area contributed by atoms with Gasteiger partial charge in [-0.25, -0.2) is 0 Å². The predicted octanol–water partition coefficient (Wildman–Crippen LogP) is 5.31. The van der Waals surface area contributed by atoms with Crippen molar-refractivity contribution in [1.82, 2.24) is 4.90 Å². The summed E-state index contributed by atoms with van der Waals surface area (Å²) in [5, 5.41) is 3.54. The van der Waals surface area contributed by atoms with E-state index in [1.165, 1.54) is 6.07 Å². The third kappa shape index (κ3) is 5.66. The Hall–Kier alpha value is 0.160. The molecule has 1 N–H and O–H groups in total. The molecule has 0 radical (unpaired) electrons. The number of amides is 1. The highest BCUT2D eigenvalue weighted by molar-refractivity contribution is 7.98. The van der Waals surface area contributed by atoms with E-state index in [1.807, 2.05) is 11.9 Å². The van der Waals surface area contributed by atoms with Gasteiger partial charge >= 0.3 is 0 Å².